The maximum atomic E-state index is 12.9. The molecular weight excluding hydrogens is 475 g/mol. The van der Waals surface area contributed by atoms with Crippen molar-refractivity contribution < 1.29 is 32.4 Å². The number of nitrogens with zero attached hydrogens (tertiary/aromatic N) is 1. The fraction of sp³-hybridized carbons (Fsp3) is 0.0417. The lowest BCUT2D eigenvalue weighted by Gasteiger charge is -2.10. The van der Waals surface area contributed by atoms with Crippen molar-refractivity contribution in [2.45, 2.75) is 6.18 Å². The molecule has 10 heteroatoms. The van der Waals surface area contributed by atoms with Gasteiger partial charge < -0.3 is 9.47 Å². The second kappa shape index (κ2) is 9.03. The largest absolute Gasteiger partial charge is 0.450 e. The third-order valence-electron chi connectivity index (χ3n) is 4.77. The van der Waals surface area contributed by atoms with E-state index in [0.29, 0.717) is 39.6 Å². The summed E-state index contributed by atoms with van der Waals surface area (Å²) in [6.45, 7) is 0. The molecule has 0 bridgehead atoms. The summed E-state index contributed by atoms with van der Waals surface area (Å²) in [5.41, 5.74) is -0.368. The number of carbonyl (C=O) groups excluding carboxylic acids is 1. The van der Waals surface area contributed by atoms with E-state index < -0.39 is 28.3 Å². The van der Waals surface area contributed by atoms with E-state index in [0.717, 1.165) is 6.07 Å². The van der Waals surface area contributed by atoms with Gasteiger partial charge in [-0.15, -0.1) is 0 Å². The van der Waals surface area contributed by atoms with Crippen molar-refractivity contribution in [2.75, 3.05) is 0 Å². The lowest BCUT2D eigenvalue weighted by Crippen LogP contribution is -2.06. The van der Waals surface area contributed by atoms with Crippen molar-refractivity contribution in [1.82, 2.24) is 0 Å². The first kappa shape index (κ1) is 23.1. The Bertz CT molecular complexity index is 1330. The summed E-state index contributed by atoms with van der Waals surface area (Å²) in [4.78, 5) is 22.5. The van der Waals surface area contributed by atoms with Gasteiger partial charge in [0, 0.05) is 16.7 Å². The molecule has 4 rings (SSSR count). The second-order valence-corrected chi connectivity index (χ2v) is 7.55. The van der Waals surface area contributed by atoms with E-state index in [2.05, 4.69) is 0 Å². The number of hydrogen-bond donors (Lipinski definition) is 0. The maximum absolute atomic E-state index is 12.9. The Morgan fingerprint density at radius 1 is 1.00 bits per heavy atom. The molecular formula is C24H13ClF3NO5. The summed E-state index contributed by atoms with van der Waals surface area (Å²) < 4.78 is 49.3. The van der Waals surface area contributed by atoms with Gasteiger partial charge in [0.2, 0.25) is 5.75 Å². The quantitative estimate of drug-likeness (QED) is 0.167. The Morgan fingerprint density at radius 3 is 2.29 bits per heavy atom. The Morgan fingerprint density at radius 2 is 1.68 bits per heavy atom. The first-order chi connectivity index (χ1) is 16.1. The Labute approximate surface area is 195 Å². The van der Waals surface area contributed by atoms with Crippen LogP contribution in [-0.4, -0.2) is 10.9 Å². The molecule has 6 nitrogen and oxygen atoms in total. The minimum absolute atomic E-state index is 0.163. The molecule has 0 amide bonds. The molecule has 172 valence electrons. The van der Waals surface area contributed by atoms with E-state index in [1.807, 2.05) is 0 Å². The van der Waals surface area contributed by atoms with E-state index in [4.69, 9.17) is 21.1 Å². The van der Waals surface area contributed by atoms with Crippen LogP contribution < -0.4 is 4.74 Å². The third-order valence-corrected chi connectivity index (χ3v) is 5.02. The maximum Gasteiger partial charge on any atom is 0.416 e. The van der Waals surface area contributed by atoms with Crippen LogP contribution >= 0.6 is 11.6 Å². The summed E-state index contributed by atoms with van der Waals surface area (Å²) in [6.07, 6.45) is -1.56. The number of nitro benzene ring substituents is 1. The first-order valence-electron chi connectivity index (χ1n) is 9.65. The minimum atomic E-state index is -4.72. The summed E-state index contributed by atoms with van der Waals surface area (Å²) in [6, 6.07) is 14.9. The lowest BCUT2D eigenvalue weighted by molar-refractivity contribution is -0.385. The zero-order chi connectivity index (χ0) is 24.5. The number of halogens is 4. The number of carbonyl (C=O) groups is 1. The van der Waals surface area contributed by atoms with Gasteiger partial charge in [-0.25, -0.2) is 4.79 Å². The van der Waals surface area contributed by atoms with Gasteiger partial charge in [-0.05, 0) is 66.2 Å². The Kier molecular flexibility index (Phi) is 6.12. The number of alkyl halides is 3. The zero-order valence-electron chi connectivity index (χ0n) is 17.0. The number of ether oxygens (including phenoxy) is 2. The van der Waals surface area contributed by atoms with Crippen LogP contribution in [0.1, 0.15) is 16.7 Å². The molecule has 0 spiro atoms. The molecule has 0 radical (unpaired) electrons. The number of rotatable bonds is 5. The number of benzene rings is 3. The number of nitro groups is 1. The topological polar surface area (TPSA) is 78.7 Å². The summed E-state index contributed by atoms with van der Waals surface area (Å²) in [7, 11) is 0. The second-order valence-electron chi connectivity index (χ2n) is 7.11. The molecule has 3 aromatic carbocycles. The fourth-order valence-electron chi connectivity index (χ4n) is 3.11. The van der Waals surface area contributed by atoms with Crippen molar-refractivity contribution in [3.8, 4) is 11.5 Å². The molecule has 1 aliphatic heterocycles. The lowest BCUT2D eigenvalue weighted by atomic mass is 10.1. The van der Waals surface area contributed by atoms with Gasteiger partial charge in [0.1, 0.15) is 11.5 Å². The molecule has 0 aliphatic carbocycles. The van der Waals surface area contributed by atoms with Gasteiger partial charge in [-0.3, -0.25) is 10.1 Å². The van der Waals surface area contributed by atoms with Crippen molar-refractivity contribution >= 4 is 35.1 Å². The van der Waals surface area contributed by atoms with Crippen LogP contribution in [0.2, 0.25) is 5.02 Å². The standard InChI is InChI=1S/C24H13ClF3NO5/c25-18-6-3-15(4-7-18)22-12-16(23(30)34-22)11-14-1-8-19(9-2-14)33-21-10-5-17(24(26,27)28)13-20(21)29(31)32/h1-13H/b16-11+. The van der Waals surface area contributed by atoms with E-state index in [1.165, 1.54) is 12.1 Å². The molecule has 34 heavy (non-hydrogen) atoms. The number of cyclic esters (lactones) is 1. The van der Waals surface area contributed by atoms with Gasteiger partial charge in [-0.1, -0.05) is 23.7 Å². The highest BCUT2D eigenvalue weighted by molar-refractivity contribution is 6.30. The molecule has 0 unspecified atom stereocenters. The molecule has 0 saturated heterocycles. The molecule has 0 fully saturated rings. The molecule has 1 heterocycles. The van der Waals surface area contributed by atoms with Gasteiger partial charge in [-0.2, -0.15) is 13.2 Å². The summed E-state index contributed by atoms with van der Waals surface area (Å²) in [5, 5.41) is 11.8. The van der Waals surface area contributed by atoms with Crippen LogP contribution in [0.4, 0.5) is 18.9 Å². The van der Waals surface area contributed by atoms with E-state index in [-0.39, 0.29) is 11.5 Å². The van der Waals surface area contributed by atoms with E-state index in [1.54, 1.807) is 48.6 Å². The molecule has 1 aliphatic rings. The monoisotopic (exact) mass is 487 g/mol. The smallest absolute Gasteiger partial charge is 0.416 e. The molecule has 0 saturated carbocycles. The number of esters is 1. The normalized spacial score (nSPS) is 14.6. The Hall–Kier alpha value is -4.11. The minimum Gasteiger partial charge on any atom is -0.450 e. The number of hydrogen-bond acceptors (Lipinski definition) is 5. The predicted octanol–water partition coefficient (Wildman–Crippen LogP) is 7.04. The molecule has 0 atom stereocenters. The van der Waals surface area contributed by atoms with Gasteiger partial charge >= 0.3 is 17.8 Å². The van der Waals surface area contributed by atoms with Crippen molar-refractivity contribution in [1.29, 1.82) is 0 Å². The average Bonchev–Trinajstić information content (AvgIpc) is 3.15. The van der Waals surface area contributed by atoms with Crippen LogP contribution in [0.5, 0.6) is 11.5 Å². The molecule has 3 aromatic rings. The highest BCUT2D eigenvalue weighted by Gasteiger charge is 2.33. The summed E-state index contributed by atoms with van der Waals surface area (Å²) >= 11 is 5.87. The fourth-order valence-corrected chi connectivity index (χ4v) is 3.23. The molecule has 0 aromatic heterocycles. The average molecular weight is 488 g/mol. The van der Waals surface area contributed by atoms with Gasteiger partial charge in [0.05, 0.1) is 16.1 Å². The van der Waals surface area contributed by atoms with E-state index in [9.17, 15) is 28.1 Å². The summed E-state index contributed by atoms with van der Waals surface area (Å²) in [5.74, 6) is -0.330. The Balaban J connectivity index is 1.54. The zero-order valence-corrected chi connectivity index (χ0v) is 17.8. The van der Waals surface area contributed by atoms with Crippen LogP contribution in [0, 0.1) is 10.1 Å². The molecule has 0 N–H and O–H groups in total. The predicted molar refractivity (Wildman–Crippen MR) is 118 cm³/mol. The van der Waals surface area contributed by atoms with Crippen molar-refractivity contribution in [2.24, 2.45) is 0 Å². The first-order valence-corrected chi connectivity index (χ1v) is 10.0. The van der Waals surface area contributed by atoms with Crippen LogP contribution in [0.25, 0.3) is 11.8 Å². The van der Waals surface area contributed by atoms with Crippen LogP contribution in [0.3, 0.4) is 0 Å². The van der Waals surface area contributed by atoms with Crippen LogP contribution in [-0.2, 0) is 15.7 Å². The SMILES string of the molecule is O=C1OC(c2ccc(Cl)cc2)=C/C1=C\c1ccc(Oc2ccc(C(F)(F)F)cc2[N+](=O)[O-])cc1. The van der Waals surface area contributed by atoms with Crippen molar-refractivity contribution in [3.63, 3.8) is 0 Å². The van der Waals surface area contributed by atoms with Crippen LogP contribution in [0.15, 0.2) is 78.4 Å². The van der Waals surface area contributed by atoms with Crippen molar-refractivity contribution in [3.05, 3.63) is 110 Å². The highest BCUT2D eigenvalue weighted by atomic mass is 35.5. The highest BCUT2D eigenvalue weighted by Crippen LogP contribution is 2.38. The van der Waals surface area contributed by atoms with E-state index >= 15 is 0 Å². The third kappa shape index (κ3) is 5.10. The van der Waals surface area contributed by atoms with Gasteiger partial charge in [0.25, 0.3) is 0 Å². The van der Waals surface area contributed by atoms with Gasteiger partial charge in [0.15, 0.2) is 0 Å².